The monoisotopic (exact) mass is 528 g/mol. The lowest BCUT2D eigenvalue weighted by molar-refractivity contribution is -0.144. The number of hydrogen-bond acceptors (Lipinski definition) is 12. The summed E-state index contributed by atoms with van der Waals surface area (Å²) < 4.78 is 14.5. The standard InChI is InChI=1S/C22H40N8O7/c1-35-20(32)16-28-9-7-27(15-19(31)24-5-4-6-25-26-23)8-10-29(17-21(33)36-2)12-14-30(13-11-28)18-22(34)37-3/h4-18H2,1-3H3,(H,24,31). The molecule has 0 aromatic carbocycles. The summed E-state index contributed by atoms with van der Waals surface area (Å²) in [7, 11) is 3.99. The molecule has 1 heterocycles. The molecule has 0 aliphatic carbocycles. The summed E-state index contributed by atoms with van der Waals surface area (Å²) >= 11 is 0. The van der Waals surface area contributed by atoms with E-state index in [2.05, 4.69) is 15.3 Å². The van der Waals surface area contributed by atoms with Crippen LogP contribution in [-0.4, -0.2) is 156 Å². The summed E-state index contributed by atoms with van der Waals surface area (Å²) in [6.45, 7) is 4.99. The molecule has 15 heteroatoms. The normalized spacial score (nSPS) is 16.9. The van der Waals surface area contributed by atoms with E-state index in [1.54, 1.807) is 0 Å². The number of azide groups is 1. The Labute approximate surface area is 217 Å². The number of amides is 1. The van der Waals surface area contributed by atoms with Gasteiger partial charge in [0.25, 0.3) is 0 Å². The number of carbonyl (C=O) groups is 4. The number of ether oxygens (including phenoxy) is 3. The van der Waals surface area contributed by atoms with Crippen LogP contribution in [0.1, 0.15) is 6.42 Å². The van der Waals surface area contributed by atoms with E-state index in [0.29, 0.717) is 71.9 Å². The first-order valence-electron chi connectivity index (χ1n) is 12.2. The third-order valence-electron chi connectivity index (χ3n) is 5.86. The average molecular weight is 529 g/mol. The lowest BCUT2D eigenvalue weighted by Crippen LogP contribution is -2.50. The van der Waals surface area contributed by atoms with Gasteiger partial charge in [-0.25, -0.2) is 0 Å². The molecule has 0 aromatic heterocycles. The van der Waals surface area contributed by atoms with Crippen LogP contribution in [0, 0.1) is 0 Å². The Bertz CT molecular complexity index is 744. The molecule has 0 spiro atoms. The Morgan fingerprint density at radius 1 is 0.703 bits per heavy atom. The molecule has 0 atom stereocenters. The van der Waals surface area contributed by atoms with E-state index in [-0.39, 0.29) is 50.0 Å². The highest BCUT2D eigenvalue weighted by atomic mass is 16.5. The minimum atomic E-state index is -0.375. The van der Waals surface area contributed by atoms with Crippen molar-refractivity contribution in [1.82, 2.24) is 24.9 Å². The molecule has 37 heavy (non-hydrogen) atoms. The van der Waals surface area contributed by atoms with Gasteiger partial charge in [0.15, 0.2) is 0 Å². The van der Waals surface area contributed by atoms with Crippen molar-refractivity contribution >= 4 is 23.8 Å². The van der Waals surface area contributed by atoms with Crippen LogP contribution in [0.4, 0.5) is 0 Å². The van der Waals surface area contributed by atoms with Gasteiger partial charge in [-0.05, 0) is 12.0 Å². The van der Waals surface area contributed by atoms with Gasteiger partial charge >= 0.3 is 17.9 Å². The molecule has 0 unspecified atom stereocenters. The fourth-order valence-electron chi connectivity index (χ4n) is 3.63. The van der Waals surface area contributed by atoms with Crippen LogP contribution in [0.5, 0.6) is 0 Å². The first-order valence-corrected chi connectivity index (χ1v) is 12.2. The molecule has 0 aromatic rings. The van der Waals surface area contributed by atoms with E-state index in [1.165, 1.54) is 21.3 Å². The van der Waals surface area contributed by atoms with Crippen molar-refractivity contribution in [3.63, 3.8) is 0 Å². The zero-order valence-corrected chi connectivity index (χ0v) is 22.1. The second kappa shape index (κ2) is 19.2. The van der Waals surface area contributed by atoms with Gasteiger partial charge in [-0.3, -0.25) is 38.8 Å². The van der Waals surface area contributed by atoms with Gasteiger partial charge in [0, 0.05) is 70.4 Å². The van der Waals surface area contributed by atoms with Crippen molar-refractivity contribution in [2.24, 2.45) is 5.11 Å². The Morgan fingerprint density at radius 2 is 1.05 bits per heavy atom. The minimum absolute atomic E-state index is 0.0798. The molecule has 1 fully saturated rings. The highest BCUT2D eigenvalue weighted by molar-refractivity contribution is 5.78. The molecule has 0 bridgehead atoms. The van der Waals surface area contributed by atoms with Crippen LogP contribution in [0.15, 0.2) is 5.11 Å². The van der Waals surface area contributed by atoms with Crippen molar-refractivity contribution in [2.75, 3.05) is 113 Å². The number of esters is 3. The van der Waals surface area contributed by atoms with Gasteiger partial charge in [-0.1, -0.05) is 5.11 Å². The number of hydrogen-bond donors (Lipinski definition) is 1. The number of nitrogens with zero attached hydrogens (tertiary/aromatic N) is 7. The molecule has 1 aliphatic rings. The Balaban J connectivity index is 2.94. The average Bonchev–Trinajstić information content (AvgIpc) is 2.89. The molecule has 210 valence electrons. The van der Waals surface area contributed by atoms with Gasteiger partial charge in [-0.15, -0.1) is 0 Å². The topological polar surface area (TPSA) is 170 Å². The molecule has 15 nitrogen and oxygen atoms in total. The largest absolute Gasteiger partial charge is 0.468 e. The van der Waals surface area contributed by atoms with Crippen molar-refractivity contribution in [3.05, 3.63) is 10.4 Å². The molecule has 0 radical (unpaired) electrons. The third-order valence-corrected chi connectivity index (χ3v) is 5.86. The molecular weight excluding hydrogens is 488 g/mol. The predicted molar refractivity (Wildman–Crippen MR) is 133 cm³/mol. The summed E-state index contributed by atoms with van der Waals surface area (Å²) in [6.07, 6.45) is 0.539. The fourth-order valence-corrected chi connectivity index (χ4v) is 3.63. The quantitative estimate of drug-likeness (QED) is 0.0784. The molecule has 1 aliphatic heterocycles. The van der Waals surface area contributed by atoms with Gasteiger partial charge in [-0.2, -0.15) is 0 Å². The van der Waals surface area contributed by atoms with Crippen LogP contribution in [0.2, 0.25) is 0 Å². The van der Waals surface area contributed by atoms with Gasteiger partial charge in [0.05, 0.1) is 47.5 Å². The molecule has 1 rings (SSSR count). The van der Waals surface area contributed by atoms with E-state index in [9.17, 15) is 19.2 Å². The smallest absolute Gasteiger partial charge is 0.319 e. The van der Waals surface area contributed by atoms with Gasteiger partial charge in [0.1, 0.15) is 0 Å². The molecule has 1 amide bonds. The number of rotatable bonds is 12. The van der Waals surface area contributed by atoms with Gasteiger partial charge in [0.2, 0.25) is 5.91 Å². The molecule has 0 saturated carbocycles. The second-order valence-electron chi connectivity index (χ2n) is 8.49. The Morgan fingerprint density at radius 3 is 1.38 bits per heavy atom. The highest BCUT2D eigenvalue weighted by Crippen LogP contribution is 2.02. The van der Waals surface area contributed by atoms with E-state index in [0.717, 1.165) is 0 Å². The van der Waals surface area contributed by atoms with Crippen LogP contribution in [-0.2, 0) is 33.4 Å². The van der Waals surface area contributed by atoms with Crippen molar-refractivity contribution in [3.8, 4) is 0 Å². The molecule has 1 N–H and O–H groups in total. The van der Waals surface area contributed by atoms with Crippen molar-refractivity contribution < 1.29 is 33.4 Å². The summed E-state index contributed by atoms with van der Waals surface area (Å²) in [6, 6.07) is 0. The van der Waals surface area contributed by atoms with Crippen LogP contribution >= 0.6 is 0 Å². The van der Waals surface area contributed by atoms with E-state index in [4.69, 9.17) is 19.7 Å². The van der Waals surface area contributed by atoms with Crippen molar-refractivity contribution in [2.45, 2.75) is 6.42 Å². The van der Waals surface area contributed by atoms with E-state index in [1.807, 2.05) is 19.6 Å². The van der Waals surface area contributed by atoms with Gasteiger partial charge < -0.3 is 19.5 Å². The van der Waals surface area contributed by atoms with E-state index >= 15 is 0 Å². The lowest BCUT2D eigenvalue weighted by atomic mass is 10.3. The molecular formula is C22H40N8O7. The number of nitrogens with one attached hydrogen (secondary N) is 1. The van der Waals surface area contributed by atoms with Crippen LogP contribution in [0.25, 0.3) is 10.4 Å². The summed E-state index contributed by atoms with van der Waals surface area (Å²) in [5.41, 5.74) is 8.34. The first-order chi connectivity index (χ1) is 17.8. The maximum atomic E-state index is 12.5. The zero-order chi connectivity index (χ0) is 27.5. The maximum Gasteiger partial charge on any atom is 0.319 e. The highest BCUT2D eigenvalue weighted by Gasteiger charge is 2.21. The number of methoxy groups -OCH3 is 3. The maximum absolute atomic E-state index is 12.5. The predicted octanol–water partition coefficient (Wildman–Crippen LogP) is -1.46. The van der Waals surface area contributed by atoms with Crippen molar-refractivity contribution in [1.29, 1.82) is 0 Å². The fraction of sp³-hybridized carbons (Fsp3) is 0.818. The Hall–Kier alpha value is -2.97. The zero-order valence-electron chi connectivity index (χ0n) is 22.1. The first kappa shape index (κ1) is 32.1. The molecule has 1 saturated heterocycles. The van der Waals surface area contributed by atoms with Crippen LogP contribution in [0.3, 0.4) is 0 Å². The SMILES string of the molecule is COC(=O)CN1CCN(CC(=O)NCCCN=[N+]=[N-])CCN(CC(=O)OC)CCN(CC(=O)OC)CC1. The number of carbonyl (C=O) groups excluding carboxylic acids is 4. The third kappa shape index (κ3) is 15.0. The summed E-state index contributed by atoms with van der Waals surface area (Å²) in [5, 5.41) is 6.27. The minimum Gasteiger partial charge on any atom is -0.468 e. The Kier molecular flexibility index (Phi) is 16.6. The van der Waals surface area contributed by atoms with Crippen LogP contribution < -0.4 is 5.32 Å². The second-order valence-corrected chi connectivity index (χ2v) is 8.49. The summed E-state index contributed by atoms with van der Waals surface area (Å²) in [4.78, 5) is 58.8. The van der Waals surface area contributed by atoms with E-state index < -0.39 is 0 Å². The summed E-state index contributed by atoms with van der Waals surface area (Å²) in [5.74, 6) is -1.29. The lowest BCUT2D eigenvalue weighted by Gasteiger charge is -2.33.